The third kappa shape index (κ3) is 3.22. The van der Waals surface area contributed by atoms with Crippen LogP contribution < -0.4 is 4.74 Å². The first-order valence-corrected chi connectivity index (χ1v) is 6.40. The van der Waals surface area contributed by atoms with Crippen LogP contribution in [0.4, 0.5) is 0 Å². The van der Waals surface area contributed by atoms with Crippen molar-refractivity contribution < 1.29 is 9.84 Å². The van der Waals surface area contributed by atoms with Gasteiger partial charge in [-0.05, 0) is 36.0 Å². The summed E-state index contributed by atoms with van der Waals surface area (Å²) in [6, 6.07) is 8.29. The number of hydrogen-bond acceptors (Lipinski definition) is 2. The lowest BCUT2D eigenvalue weighted by molar-refractivity contribution is 0.149. The van der Waals surface area contributed by atoms with Crippen molar-refractivity contribution in [1.82, 2.24) is 0 Å². The van der Waals surface area contributed by atoms with Gasteiger partial charge in [0.15, 0.2) is 0 Å². The van der Waals surface area contributed by atoms with Gasteiger partial charge in [0.2, 0.25) is 0 Å². The molecule has 2 rings (SSSR count). The molecule has 1 saturated carbocycles. The Morgan fingerprint density at radius 3 is 2.59 bits per heavy atom. The molecule has 2 heteroatoms. The van der Waals surface area contributed by atoms with E-state index in [1.807, 2.05) is 12.1 Å². The second-order valence-electron chi connectivity index (χ2n) is 5.98. The largest absolute Gasteiger partial charge is 0.490 e. The molecular formula is C15H22O2. The highest BCUT2D eigenvalue weighted by molar-refractivity contribution is 5.32. The average Bonchev–Trinajstić information content (AvgIpc) is 2.63. The van der Waals surface area contributed by atoms with Crippen molar-refractivity contribution in [2.24, 2.45) is 0 Å². The van der Waals surface area contributed by atoms with E-state index in [2.05, 4.69) is 32.9 Å². The van der Waals surface area contributed by atoms with E-state index in [1.54, 1.807) is 0 Å². The van der Waals surface area contributed by atoms with E-state index in [9.17, 15) is 5.11 Å². The first kappa shape index (κ1) is 12.4. The standard InChI is InChI=1S/C15H22O2/c1-15(2,3)11-5-4-6-13(9-11)17-14-8-7-12(16)10-14/h4-6,9,12,14,16H,7-8,10H2,1-3H3. The Hall–Kier alpha value is -1.02. The molecule has 2 atom stereocenters. The molecule has 0 amide bonds. The van der Waals surface area contributed by atoms with Crippen molar-refractivity contribution in [3.05, 3.63) is 29.8 Å². The molecule has 0 saturated heterocycles. The number of aliphatic hydroxyl groups is 1. The van der Waals surface area contributed by atoms with Crippen LogP contribution in [-0.4, -0.2) is 17.3 Å². The van der Waals surface area contributed by atoms with Crippen molar-refractivity contribution in [3.8, 4) is 5.75 Å². The van der Waals surface area contributed by atoms with Gasteiger partial charge >= 0.3 is 0 Å². The predicted molar refractivity (Wildman–Crippen MR) is 69.4 cm³/mol. The van der Waals surface area contributed by atoms with Crippen molar-refractivity contribution in [3.63, 3.8) is 0 Å². The summed E-state index contributed by atoms with van der Waals surface area (Å²) >= 11 is 0. The number of aliphatic hydroxyl groups excluding tert-OH is 1. The molecule has 1 aliphatic carbocycles. The molecule has 0 bridgehead atoms. The third-order valence-electron chi connectivity index (χ3n) is 3.36. The van der Waals surface area contributed by atoms with Crippen LogP contribution in [0, 0.1) is 0 Å². The summed E-state index contributed by atoms with van der Waals surface area (Å²) in [6.45, 7) is 6.60. The Bertz CT molecular complexity index is 379. The van der Waals surface area contributed by atoms with E-state index < -0.39 is 0 Å². The number of benzene rings is 1. The molecule has 0 spiro atoms. The van der Waals surface area contributed by atoms with Crippen LogP contribution >= 0.6 is 0 Å². The molecule has 1 aliphatic rings. The van der Waals surface area contributed by atoms with Crippen LogP contribution in [0.25, 0.3) is 0 Å². The zero-order valence-corrected chi connectivity index (χ0v) is 10.9. The van der Waals surface area contributed by atoms with Gasteiger partial charge in [-0.2, -0.15) is 0 Å². The molecule has 2 unspecified atom stereocenters. The minimum absolute atomic E-state index is 0.147. The molecule has 94 valence electrons. The fraction of sp³-hybridized carbons (Fsp3) is 0.600. The summed E-state index contributed by atoms with van der Waals surface area (Å²) in [5, 5.41) is 9.48. The highest BCUT2D eigenvalue weighted by atomic mass is 16.5. The molecule has 1 N–H and O–H groups in total. The van der Waals surface area contributed by atoms with Gasteiger partial charge in [-0.1, -0.05) is 32.9 Å². The third-order valence-corrected chi connectivity index (χ3v) is 3.36. The van der Waals surface area contributed by atoms with Crippen molar-refractivity contribution >= 4 is 0 Å². The van der Waals surface area contributed by atoms with E-state index in [0.29, 0.717) is 0 Å². The van der Waals surface area contributed by atoms with Gasteiger partial charge in [-0.25, -0.2) is 0 Å². The summed E-state index contributed by atoms with van der Waals surface area (Å²) in [7, 11) is 0. The second kappa shape index (κ2) is 4.69. The lowest BCUT2D eigenvalue weighted by Gasteiger charge is -2.21. The Labute approximate surface area is 104 Å². The first-order chi connectivity index (χ1) is 7.95. The monoisotopic (exact) mass is 234 g/mol. The lowest BCUT2D eigenvalue weighted by Crippen LogP contribution is -2.15. The van der Waals surface area contributed by atoms with Gasteiger partial charge in [0.1, 0.15) is 11.9 Å². The molecule has 0 heterocycles. The molecule has 17 heavy (non-hydrogen) atoms. The van der Waals surface area contributed by atoms with Crippen LogP contribution in [0.2, 0.25) is 0 Å². The Morgan fingerprint density at radius 2 is 2.00 bits per heavy atom. The van der Waals surface area contributed by atoms with Gasteiger partial charge in [0.25, 0.3) is 0 Å². The van der Waals surface area contributed by atoms with Crippen LogP contribution in [0.1, 0.15) is 45.6 Å². The minimum Gasteiger partial charge on any atom is -0.490 e. The zero-order valence-electron chi connectivity index (χ0n) is 10.9. The SMILES string of the molecule is CC(C)(C)c1cccc(OC2CCC(O)C2)c1. The first-order valence-electron chi connectivity index (χ1n) is 6.40. The van der Waals surface area contributed by atoms with Gasteiger partial charge in [-0.15, -0.1) is 0 Å². The Kier molecular flexibility index (Phi) is 3.43. The molecule has 0 aromatic heterocycles. The van der Waals surface area contributed by atoms with Crippen LogP contribution in [-0.2, 0) is 5.41 Å². The van der Waals surface area contributed by atoms with Gasteiger partial charge in [0.05, 0.1) is 6.10 Å². The number of ether oxygens (including phenoxy) is 1. The number of rotatable bonds is 2. The predicted octanol–water partition coefficient (Wildman–Crippen LogP) is 3.28. The topological polar surface area (TPSA) is 29.5 Å². The van der Waals surface area contributed by atoms with Gasteiger partial charge in [0, 0.05) is 6.42 Å². The van der Waals surface area contributed by atoms with Crippen LogP contribution in [0.3, 0.4) is 0 Å². The molecular weight excluding hydrogens is 212 g/mol. The summed E-state index contributed by atoms with van der Waals surface area (Å²) in [4.78, 5) is 0. The Balaban J connectivity index is 2.06. The van der Waals surface area contributed by atoms with Crippen molar-refractivity contribution in [2.75, 3.05) is 0 Å². The van der Waals surface area contributed by atoms with Crippen molar-refractivity contribution in [2.45, 2.75) is 57.7 Å². The summed E-state index contributed by atoms with van der Waals surface area (Å²) in [5.41, 5.74) is 1.43. The second-order valence-corrected chi connectivity index (χ2v) is 5.98. The highest BCUT2D eigenvalue weighted by Crippen LogP contribution is 2.28. The normalized spacial score (nSPS) is 24.9. The van der Waals surface area contributed by atoms with E-state index in [4.69, 9.17) is 4.74 Å². The summed E-state index contributed by atoms with van der Waals surface area (Å²) in [6.07, 6.45) is 2.59. The maximum atomic E-state index is 9.48. The molecule has 1 aromatic rings. The molecule has 2 nitrogen and oxygen atoms in total. The molecule has 1 aromatic carbocycles. The van der Waals surface area contributed by atoms with Crippen molar-refractivity contribution in [1.29, 1.82) is 0 Å². The Morgan fingerprint density at radius 1 is 1.24 bits per heavy atom. The van der Waals surface area contributed by atoms with E-state index >= 15 is 0 Å². The molecule has 0 aliphatic heterocycles. The van der Waals surface area contributed by atoms with Gasteiger partial charge < -0.3 is 9.84 Å². The minimum atomic E-state index is -0.175. The van der Waals surface area contributed by atoms with E-state index in [-0.39, 0.29) is 17.6 Å². The smallest absolute Gasteiger partial charge is 0.120 e. The summed E-state index contributed by atoms with van der Waals surface area (Å²) < 4.78 is 5.92. The van der Waals surface area contributed by atoms with Gasteiger partial charge in [-0.3, -0.25) is 0 Å². The zero-order chi connectivity index (χ0) is 12.5. The van der Waals surface area contributed by atoms with E-state index in [0.717, 1.165) is 25.0 Å². The quantitative estimate of drug-likeness (QED) is 0.851. The number of hydrogen-bond donors (Lipinski definition) is 1. The fourth-order valence-electron chi connectivity index (χ4n) is 2.25. The average molecular weight is 234 g/mol. The summed E-state index contributed by atoms with van der Waals surface area (Å²) in [5.74, 6) is 0.927. The fourth-order valence-corrected chi connectivity index (χ4v) is 2.25. The highest BCUT2D eigenvalue weighted by Gasteiger charge is 2.24. The van der Waals surface area contributed by atoms with Crippen LogP contribution in [0.15, 0.2) is 24.3 Å². The molecule has 0 radical (unpaired) electrons. The maximum Gasteiger partial charge on any atom is 0.120 e. The molecule has 1 fully saturated rings. The lowest BCUT2D eigenvalue weighted by atomic mass is 9.87. The van der Waals surface area contributed by atoms with E-state index in [1.165, 1.54) is 5.56 Å². The van der Waals surface area contributed by atoms with Crippen LogP contribution in [0.5, 0.6) is 5.75 Å². The maximum absolute atomic E-state index is 9.48.